The Morgan fingerprint density at radius 3 is 2.89 bits per heavy atom. The van der Waals surface area contributed by atoms with E-state index in [1.807, 2.05) is 0 Å². The zero-order valence-electron chi connectivity index (χ0n) is 11.4. The third-order valence-corrected chi connectivity index (χ3v) is 2.37. The summed E-state index contributed by atoms with van der Waals surface area (Å²) in [5, 5.41) is 5.94. The molecule has 0 radical (unpaired) electrons. The largest absolute Gasteiger partial charge is 0.354 e. The topological polar surface area (TPSA) is 66.9 Å². The third kappa shape index (κ3) is 5.12. The average Bonchev–Trinajstić information content (AvgIpc) is 2.36. The van der Waals surface area contributed by atoms with E-state index in [9.17, 15) is 4.79 Å². The number of aromatic nitrogens is 2. The Hall–Kier alpha value is -1.65. The molecule has 1 aromatic rings. The first-order valence-electron chi connectivity index (χ1n) is 6.48. The van der Waals surface area contributed by atoms with Crippen molar-refractivity contribution in [3.8, 4) is 0 Å². The number of unbranched alkanes of at least 4 members (excludes halogenated alkanes) is 1. The Bertz CT molecular complexity index is 379. The van der Waals surface area contributed by atoms with E-state index < -0.39 is 0 Å². The summed E-state index contributed by atoms with van der Waals surface area (Å²) in [6, 6.07) is 1.63. The monoisotopic (exact) mass is 250 g/mol. The molecule has 0 aliphatic rings. The molecule has 5 heteroatoms. The van der Waals surface area contributed by atoms with Crippen LogP contribution < -0.4 is 10.6 Å². The van der Waals surface area contributed by atoms with Crippen molar-refractivity contribution in [3.05, 3.63) is 18.0 Å². The Morgan fingerprint density at radius 2 is 2.22 bits per heavy atom. The zero-order valence-corrected chi connectivity index (χ0v) is 11.4. The molecule has 0 bridgehead atoms. The van der Waals surface area contributed by atoms with Crippen molar-refractivity contribution in [3.63, 3.8) is 0 Å². The first-order chi connectivity index (χ1) is 8.63. The number of carbonyl (C=O) groups excluding carboxylic acids is 1. The summed E-state index contributed by atoms with van der Waals surface area (Å²) in [6.45, 7) is 7.71. The van der Waals surface area contributed by atoms with Gasteiger partial charge >= 0.3 is 0 Å². The van der Waals surface area contributed by atoms with Crippen molar-refractivity contribution < 1.29 is 4.79 Å². The minimum atomic E-state index is -0.148. The van der Waals surface area contributed by atoms with Gasteiger partial charge in [0.15, 0.2) is 0 Å². The van der Waals surface area contributed by atoms with Gasteiger partial charge in [-0.3, -0.25) is 4.79 Å². The molecule has 0 aromatic carbocycles. The van der Waals surface area contributed by atoms with Crippen LogP contribution in [0.5, 0.6) is 0 Å². The van der Waals surface area contributed by atoms with Crippen molar-refractivity contribution in [1.29, 1.82) is 0 Å². The Morgan fingerprint density at radius 1 is 1.44 bits per heavy atom. The Kier molecular flexibility index (Phi) is 6.11. The molecule has 0 fully saturated rings. The van der Waals surface area contributed by atoms with Crippen LogP contribution in [0.3, 0.4) is 0 Å². The lowest BCUT2D eigenvalue weighted by Crippen LogP contribution is -2.28. The van der Waals surface area contributed by atoms with Crippen LogP contribution in [0.2, 0.25) is 0 Å². The van der Waals surface area contributed by atoms with Crippen LogP contribution in [0.15, 0.2) is 12.3 Å². The second-order valence-corrected chi connectivity index (χ2v) is 4.65. The van der Waals surface area contributed by atoms with E-state index in [0.29, 0.717) is 24.1 Å². The van der Waals surface area contributed by atoms with Crippen LogP contribution in [0.1, 0.15) is 44.1 Å². The molecule has 1 amide bonds. The zero-order chi connectivity index (χ0) is 13.4. The molecule has 1 heterocycles. The fraction of sp³-hybridized carbons (Fsp3) is 0.615. The fourth-order valence-corrected chi connectivity index (χ4v) is 1.33. The third-order valence-electron chi connectivity index (χ3n) is 2.37. The molecule has 2 N–H and O–H groups in total. The van der Waals surface area contributed by atoms with Crippen LogP contribution in [0, 0.1) is 5.92 Å². The molecule has 18 heavy (non-hydrogen) atoms. The highest BCUT2D eigenvalue weighted by Gasteiger charge is 2.08. The van der Waals surface area contributed by atoms with Gasteiger partial charge < -0.3 is 10.6 Å². The molecule has 0 spiro atoms. The van der Waals surface area contributed by atoms with Gasteiger partial charge in [0.25, 0.3) is 5.91 Å². The van der Waals surface area contributed by atoms with Crippen LogP contribution in [0.4, 0.5) is 5.95 Å². The van der Waals surface area contributed by atoms with Crippen LogP contribution in [0.25, 0.3) is 0 Å². The van der Waals surface area contributed by atoms with Crippen LogP contribution in [-0.2, 0) is 0 Å². The van der Waals surface area contributed by atoms with Gasteiger partial charge in [-0.25, -0.2) is 9.97 Å². The van der Waals surface area contributed by atoms with E-state index in [2.05, 4.69) is 41.4 Å². The van der Waals surface area contributed by atoms with Gasteiger partial charge in [-0.1, -0.05) is 27.2 Å². The molecule has 0 aliphatic carbocycles. The second kappa shape index (κ2) is 7.63. The molecule has 0 atom stereocenters. The van der Waals surface area contributed by atoms with Gasteiger partial charge in [0.2, 0.25) is 5.95 Å². The maximum Gasteiger partial charge on any atom is 0.270 e. The predicted molar refractivity (Wildman–Crippen MR) is 72.6 cm³/mol. The molecule has 0 aliphatic heterocycles. The van der Waals surface area contributed by atoms with Crippen molar-refractivity contribution in [2.45, 2.75) is 33.6 Å². The smallest absolute Gasteiger partial charge is 0.270 e. The molecule has 1 rings (SSSR count). The highest BCUT2D eigenvalue weighted by atomic mass is 16.1. The maximum absolute atomic E-state index is 11.8. The number of carbonyl (C=O) groups is 1. The minimum Gasteiger partial charge on any atom is -0.354 e. The maximum atomic E-state index is 11.8. The molecule has 1 aromatic heterocycles. The SMILES string of the molecule is CCCCNc1nccc(C(=O)NCC(C)C)n1. The first kappa shape index (κ1) is 14.4. The molecular weight excluding hydrogens is 228 g/mol. The highest BCUT2D eigenvalue weighted by Crippen LogP contribution is 2.01. The van der Waals surface area contributed by atoms with Gasteiger partial charge in [0.05, 0.1) is 0 Å². The highest BCUT2D eigenvalue weighted by molar-refractivity contribution is 5.92. The minimum absolute atomic E-state index is 0.148. The summed E-state index contributed by atoms with van der Waals surface area (Å²) in [5.74, 6) is 0.795. The Balaban J connectivity index is 2.55. The van der Waals surface area contributed by atoms with Crippen molar-refractivity contribution in [1.82, 2.24) is 15.3 Å². The number of hydrogen-bond donors (Lipinski definition) is 2. The van der Waals surface area contributed by atoms with Crippen molar-refractivity contribution in [2.75, 3.05) is 18.4 Å². The van der Waals surface area contributed by atoms with E-state index >= 15 is 0 Å². The summed E-state index contributed by atoms with van der Waals surface area (Å²) >= 11 is 0. The van der Waals surface area contributed by atoms with E-state index in [1.165, 1.54) is 0 Å². The van der Waals surface area contributed by atoms with Gasteiger partial charge in [0.1, 0.15) is 5.69 Å². The van der Waals surface area contributed by atoms with E-state index in [4.69, 9.17) is 0 Å². The first-order valence-corrected chi connectivity index (χ1v) is 6.48. The molecule has 0 unspecified atom stereocenters. The number of amides is 1. The Labute approximate surface area is 108 Å². The lowest BCUT2D eigenvalue weighted by atomic mass is 10.2. The fourth-order valence-electron chi connectivity index (χ4n) is 1.33. The van der Waals surface area contributed by atoms with Crippen molar-refractivity contribution in [2.24, 2.45) is 5.92 Å². The van der Waals surface area contributed by atoms with E-state index in [1.54, 1.807) is 12.3 Å². The van der Waals surface area contributed by atoms with Gasteiger partial charge in [-0.2, -0.15) is 0 Å². The standard InChI is InChI=1S/C13H22N4O/c1-4-5-7-14-13-15-8-6-11(17-13)12(18)16-9-10(2)3/h6,8,10H,4-5,7,9H2,1-3H3,(H,16,18)(H,14,15,17). The van der Waals surface area contributed by atoms with Gasteiger partial charge in [-0.05, 0) is 18.4 Å². The number of anilines is 1. The summed E-state index contributed by atoms with van der Waals surface area (Å²) in [7, 11) is 0. The summed E-state index contributed by atoms with van der Waals surface area (Å²) in [4.78, 5) is 20.1. The molecular formula is C13H22N4O. The van der Waals surface area contributed by atoms with Crippen LogP contribution in [-0.4, -0.2) is 29.0 Å². The van der Waals surface area contributed by atoms with Gasteiger partial charge in [0, 0.05) is 19.3 Å². The number of rotatable bonds is 7. The lowest BCUT2D eigenvalue weighted by molar-refractivity contribution is 0.0944. The van der Waals surface area contributed by atoms with E-state index in [-0.39, 0.29) is 5.91 Å². The quantitative estimate of drug-likeness (QED) is 0.727. The molecule has 0 saturated heterocycles. The molecule has 0 saturated carbocycles. The lowest BCUT2D eigenvalue weighted by Gasteiger charge is -2.08. The van der Waals surface area contributed by atoms with E-state index in [0.717, 1.165) is 19.4 Å². The number of nitrogens with zero attached hydrogens (tertiary/aromatic N) is 2. The summed E-state index contributed by atoms with van der Waals surface area (Å²) in [6.07, 6.45) is 3.78. The summed E-state index contributed by atoms with van der Waals surface area (Å²) in [5.41, 5.74) is 0.407. The molecule has 5 nitrogen and oxygen atoms in total. The normalized spacial score (nSPS) is 10.4. The average molecular weight is 250 g/mol. The number of nitrogens with one attached hydrogen (secondary N) is 2. The van der Waals surface area contributed by atoms with Gasteiger partial charge in [-0.15, -0.1) is 0 Å². The van der Waals surface area contributed by atoms with Crippen LogP contribution >= 0.6 is 0 Å². The number of hydrogen-bond acceptors (Lipinski definition) is 4. The second-order valence-electron chi connectivity index (χ2n) is 4.65. The predicted octanol–water partition coefficient (Wildman–Crippen LogP) is 2.07. The molecule has 100 valence electrons. The van der Waals surface area contributed by atoms with Crippen molar-refractivity contribution >= 4 is 11.9 Å². The summed E-state index contributed by atoms with van der Waals surface area (Å²) < 4.78 is 0.